The summed E-state index contributed by atoms with van der Waals surface area (Å²) in [7, 11) is 0. The third-order valence-electron chi connectivity index (χ3n) is 4.52. The van der Waals surface area contributed by atoms with Gasteiger partial charge in [0.05, 0.1) is 33.7 Å². The van der Waals surface area contributed by atoms with Gasteiger partial charge in [0.2, 0.25) is 0 Å². The van der Waals surface area contributed by atoms with E-state index in [4.69, 9.17) is 16.6 Å². The zero-order valence-electron chi connectivity index (χ0n) is 14.2. The van der Waals surface area contributed by atoms with Crippen LogP contribution in [0.3, 0.4) is 0 Å². The van der Waals surface area contributed by atoms with E-state index in [1.165, 1.54) is 10.6 Å². The molecule has 132 valence electrons. The number of pyridine rings is 1. The average molecular weight is 377 g/mol. The number of nitrogens with zero attached hydrogens (tertiary/aromatic N) is 4. The number of aromatic nitrogens is 6. The number of rotatable bonds is 2. The summed E-state index contributed by atoms with van der Waals surface area (Å²) in [5.41, 5.74) is 4.98. The molecule has 4 aromatic heterocycles. The van der Waals surface area contributed by atoms with Crippen molar-refractivity contribution in [3.05, 3.63) is 69.9 Å². The molecule has 0 bridgehead atoms. The molecule has 0 atom stereocenters. The predicted molar refractivity (Wildman–Crippen MR) is 104 cm³/mol. The molecular formula is C19H13ClN6O. The van der Waals surface area contributed by atoms with Gasteiger partial charge in [0.15, 0.2) is 5.65 Å². The van der Waals surface area contributed by atoms with Crippen LogP contribution in [0.2, 0.25) is 5.02 Å². The highest BCUT2D eigenvalue weighted by molar-refractivity contribution is 6.30. The van der Waals surface area contributed by atoms with Crippen molar-refractivity contribution in [2.75, 3.05) is 0 Å². The van der Waals surface area contributed by atoms with Crippen molar-refractivity contribution in [1.29, 1.82) is 0 Å². The molecule has 0 aliphatic rings. The van der Waals surface area contributed by atoms with E-state index >= 15 is 0 Å². The van der Waals surface area contributed by atoms with Crippen LogP contribution >= 0.6 is 11.6 Å². The summed E-state index contributed by atoms with van der Waals surface area (Å²) in [5, 5.41) is 11.5. The van der Waals surface area contributed by atoms with Gasteiger partial charge in [0.25, 0.3) is 5.56 Å². The summed E-state index contributed by atoms with van der Waals surface area (Å²) in [4.78, 5) is 21.8. The molecule has 8 heteroatoms. The fourth-order valence-corrected chi connectivity index (χ4v) is 3.34. The van der Waals surface area contributed by atoms with E-state index in [2.05, 4.69) is 20.3 Å². The number of hydrogen-bond donors (Lipinski definition) is 2. The summed E-state index contributed by atoms with van der Waals surface area (Å²) in [6.07, 6.45) is 3.32. The molecule has 5 rings (SSSR count). The van der Waals surface area contributed by atoms with Crippen LogP contribution in [0.4, 0.5) is 0 Å². The number of nitrogens with one attached hydrogen (secondary N) is 2. The van der Waals surface area contributed by atoms with Crippen LogP contribution in [-0.4, -0.2) is 29.8 Å². The first-order valence-corrected chi connectivity index (χ1v) is 8.66. The second kappa shape index (κ2) is 5.78. The van der Waals surface area contributed by atoms with Gasteiger partial charge in [-0.25, -0.2) is 9.50 Å². The predicted octanol–water partition coefficient (Wildman–Crippen LogP) is 3.59. The highest BCUT2D eigenvalue weighted by atomic mass is 35.5. The van der Waals surface area contributed by atoms with Gasteiger partial charge in [0.1, 0.15) is 0 Å². The zero-order chi connectivity index (χ0) is 18.5. The molecule has 0 unspecified atom stereocenters. The van der Waals surface area contributed by atoms with Crippen molar-refractivity contribution in [3.63, 3.8) is 0 Å². The lowest BCUT2D eigenvalue weighted by molar-refractivity contribution is 0.882. The van der Waals surface area contributed by atoms with E-state index in [1.807, 2.05) is 31.2 Å². The van der Waals surface area contributed by atoms with E-state index in [-0.39, 0.29) is 5.56 Å². The lowest BCUT2D eigenvalue weighted by Crippen LogP contribution is -2.14. The molecule has 0 aliphatic heterocycles. The minimum atomic E-state index is -0.189. The first kappa shape index (κ1) is 15.8. The lowest BCUT2D eigenvalue weighted by Gasteiger charge is -2.04. The van der Waals surface area contributed by atoms with Gasteiger partial charge in [-0.2, -0.15) is 5.10 Å². The number of fused-ring (bicyclic) bond motifs is 2. The summed E-state index contributed by atoms with van der Waals surface area (Å²) in [5.74, 6) is 0. The van der Waals surface area contributed by atoms with Crippen molar-refractivity contribution in [2.24, 2.45) is 0 Å². The van der Waals surface area contributed by atoms with Crippen molar-refractivity contribution in [3.8, 4) is 22.5 Å². The Kier molecular flexibility index (Phi) is 3.38. The second-order valence-electron chi connectivity index (χ2n) is 6.28. The fourth-order valence-electron chi connectivity index (χ4n) is 3.23. The third-order valence-corrected chi connectivity index (χ3v) is 4.74. The molecule has 1 aromatic carbocycles. The van der Waals surface area contributed by atoms with Crippen LogP contribution in [0.5, 0.6) is 0 Å². The number of aromatic amines is 2. The molecule has 0 radical (unpaired) electrons. The number of benzene rings is 1. The van der Waals surface area contributed by atoms with E-state index in [9.17, 15) is 4.79 Å². The van der Waals surface area contributed by atoms with E-state index in [0.29, 0.717) is 22.1 Å². The SMILES string of the molecule is Cc1[nH]n2c(=O)cc(-c3ccc4[nH]ncc4c3)nc2c1-c1ccc(Cl)cn1. The van der Waals surface area contributed by atoms with Gasteiger partial charge in [-0.15, -0.1) is 0 Å². The molecule has 2 N–H and O–H groups in total. The molecule has 27 heavy (non-hydrogen) atoms. The smallest absolute Gasteiger partial charge is 0.273 e. The topological polar surface area (TPSA) is 91.7 Å². The van der Waals surface area contributed by atoms with Gasteiger partial charge in [0, 0.05) is 28.9 Å². The molecule has 0 spiro atoms. The Morgan fingerprint density at radius 1 is 1.07 bits per heavy atom. The van der Waals surface area contributed by atoms with Gasteiger partial charge in [-0.05, 0) is 31.2 Å². The van der Waals surface area contributed by atoms with Crippen molar-refractivity contribution in [1.82, 2.24) is 29.8 Å². The average Bonchev–Trinajstić information content (AvgIpc) is 3.26. The number of H-pyrrole nitrogens is 2. The second-order valence-corrected chi connectivity index (χ2v) is 6.72. The summed E-state index contributed by atoms with van der Waals surface area (Å²) in [6, 6.07) is 10.9. The van der Waals surface area contributed by atoms with Gasteiger partial charge in [-0.1, -0.05) is 17.7 Å². The van der Waals surface area contributed by atoms with E-state index in [0.717, 1.165) is 27.7 Å². The van der Waals surface area contributed by atoms with E-state index < -0.39 is 0 Å². The highest BCUT2D eigenvalue weighted by Gasteiger charge is 2.16. The molecule has 0 amide bonds. The Bertz CT molecular complexity index is 1360. The molecule has 7 nitrogen and oxygen atoms in total. The van der Waals surface area contributed by atoms with Crippen LogP contribution in [0.25, 0.3) is 39.1 Å². The third kappa shape index (κ3) is 2.51. The van der Waals surface area contributed by atoms with Crippen LogP contribution in [0.15, 0.2) is 53.6 Å². The van der Waals surface area contributed by atoms with Gasteiger partial charge < -0.3 is 0 Å². The fraction of sp³-hybridized carbons (Fsp3) is 0.0526. The normalized spacial score (nSPS) is 11.5. The van der Waals surface area contributed by atoms with Crippen LogP contribution in [-0.2, 0) is 0 Å². The molecule has 4 heterocycles. The number of hydrogen-bond acceptors (Lipinski definition) is 4. The maximum atomic E-state index is 12.7. The standard InChI is InChI=1S/C19H13ClN6O/c1-10-18(15-5-3-13(20)9-21-15)19-23-16(7-17(27)26(19)25-10)11-2-4-14-12(6-11)8-22-24-14/h2-9,25H,1H3,(H,22,24). The van der Waals surface area contributed by atoms with Gasteiger partial charge in [-0.3, -0.25) is 20.0 Å². The monoisotopic (exact) mass is 376 g/mol. The Morgan fingerprint density at radius 2 is 1.96 bits per heavy atom. The van der Waals surface area contributed by atoms with Crippen LogP contribution in [0, 0.1) is 6.92 Å². The molecule has 0 saturated carbocycles. The Hall–Kier alpha value is -3.45. The van der Waals surface area contributed by atoms with Gasteiger partial charge >= 0.3 is 0 Å². The quantitative estimate of drug-likeness (QED) is 0.492. The van der Waals surface area contributed by atoms with Crippen LogP contribution in [0.1, 0.15) is 5.69 Å². The summed E-state index contributed by atoms with van der Waals surface area (Å²) in [6.45, 7) is 1.89. The largest absolute Gasteiger partial charge is 0.293 e. The molecule has 0 fully saturated rings. The first-order chi connectivity index (χ1) is 13.1. The molecular weight excluding hydrogens is 364 g/mol. The van der Waals surface area contributed by atoms with Crippen molar-refractivity contribution in [2.45, 2.75) is 6.92 Å². The summed E-state index contributed by atoms with van der Waals surface area (Å²) >= 11 is 5.95. The number of halogens is 1. The number of aryl methyl sites for hydroxylation is 1. The van der Waals surface area contributed by atoms with Crippen molar-refractivity contribution < 1.29 is 0 Å². The van der Waals surface area contributed by atoms with E-state index in [1.54, 1.807) is 18.5 Å². The summed E-state index contributed by atoms with van der Waals surface area (Å²) < 4.78 is 1.43. The van der Waals surface area contributed by atoms with Crippen LogP contribution < -0.4 is 5.56 Å². The lowest BCUT2D eigenvalue weighted by atomic mass is 10.1. The highest BCUT2D eigenvalue weighted by Crippen LogP contribution is 2.28. The molecule has 0 aliphatic carbocycles. The Labute approximate surface area is 157 Å². The minimum absolute atomic E-state index is 0.189. The Balaban J connectivity index is 1.77. The first-order valence-electron chi connectivity index (χ1n) is 8.28. The zero-order valence-corrected chi connectivity index (χ0v) is 14.9. The van der Waals surface area contributed by atoms with Crippen molar-refractivity contribution >= 4 is 28.2 Å². The molecule has 5 aromatic rings. The maximum absolute atomic E-state index is 12.7. The molecule has 0 saturated heterocycles. The Morgan fingerprint density at radius 3 is 2.78 bits per heavy atom. The maximum Gasteiger partial charge on any atom is 0.273 e. The minimum Gasteiger partial charge on any atom is -0.293 e.